The van der Waals surface area contributed by atoms with Gasteiger partial charge in [0.2, 0.25) is 0 Å². The number of H-pyrrole nitrogens is 2. The van der Waals surface area contributed by atoms with E-state index in [2.05, 4.69) is 20.2 Å². The minimum Gasteiger partial charge on any atom is -0.326 e. The minimum atomic E-state index is -0.343. The summed E-state index contributed by atoms with van der Waals surface area (Å²) in [4.78, 5) is 17.4. The van der Waals surface area contributed by atoms with Crippen LogP contribution in [0.25, 0.3) is 11.5 Å². The van der Waals surface area contributed by atoms with Crippen molar-refractivity contribution in [2.24, 2.45) is 5.73 Å². The average Bonchev–Trinajstić information content (AvgIpc) is 2.65. The van der Waals surface area contributed by atoms with Gasteiger partial charge < -0.3 is 5.73 Å². The molecule has 6 nitrogen and oxygen atoms in total. The second-order valence-corrected chi connectivity index (χ2v) is 2.78. The normalized spacial score (nSPS) is 10.4. The number of hydrogen-bond donors (Lipinski definition) is 3. The fraction of sp³-hybridized carbons (Fsp3) is 0.125. The van der Waals surface area contributed by atoms with Crippen molar-refractivity contribution < 1.29 is 0 Å². The Morgan fingerprint density at radius 2 is 2.29 bits per heavy atom. The number of nitrogens with two attached hydrogens (primary N) is 1. The molecule has 0 aliphatic rings. The van der Waals surface area contributed by atoms with Crippen LogP contribution in [0.2, 0.25) is 0 Å². The number of rotatable bonds is 2. The third-order valence-electron chi connectivity index (χ3n) is 1.80. The van der Waals surface area contributed by atoms with Crippen molar-refractivity contribution in [2.45, 2.75) is 6.54 Å². The van der Waals surface area contributed by atoms with Gasteiger partial charge in [-0.1, -0.05) is 6.07 Å². The molecule has 0 fully saturated rings. The zero-order chi connectivity index (χ0) is 9.97. The van der Waals surface area contributed by atoms with Gasteiger partial charge in [0.15, 0.2) is 5.82 Å². The van der Waals surface area contributed by atoms with Gasteiger partial charge in [-0.25, -0.2) is 9.89 Å². The maximum absolute atomic E-state index is 10.8. The lowest BCUT2D eigenvalue weighted by Gasteiger charge is -1.96. The van der Waals surface area contributed by atoms with Crippen LogP contribution in [0.3, 0.4) is 0 Å². The molecule has 0 saturated carbocycles. The Hall–Kier alpha value is -1.95. The Morgan fingerprint density at radius 3 is 2.79 bits per heavy atom. The summed E-state index contributed by atoms with van der Waals surface area (Å²) in [6, 6.07) is 3.60. The number of hydrogen-bond acceptors (Lipinski definition) is 4. The third-order valence-corrected chi connectivity index (χ3v) is 1.80. The van der Waals surface area contributed by atoms with Crippen LogP contribution < -0.4 is 11.4 Å². The highest BCUT2D eigenvalue weighted by Gasteiger charge is 2.02. The molecular formula is C8H9N5O. The monoisotopic (exact) mass is 191 g/mol. The van der Waals surface area contributed by atoms with Gasteiger partial charge in [-0.05, 0) is 11.6 Å². The second-order valence-electron chi connectivity index (χ2n) is 2.78. The summed E-state index contributed by atoms with van der Waals surface area (Å²) in [7, 11) is 0. The van der Waals surface area contributed by atoms with Crippen molar-refractivity contribution in [1.29, 1.82) is 0 Å². The van der Waals surface area contributed by atoms with E-state index in [1.54, 1.807) is 12.3 Å². The molecule has 0 radical (unpaired) electrons. The van der Waals surface area contributed by atoms with Crippen LogP contribution in [0.15, 0.2) is 23.1 Å². The molecule has 0 amide bonds. The molecule has 0 unspecified atom stereocenters. The standard InChI is InChI=1S/C8H9N5O/c9-3-5-1-2-6(10-4-5)7-11-8(14)13-12-7/h1-2,4H,3,9H2,(H2,11,12,13,14). The van der Waals surface area contributed by atoms with E-state index in [1.807, 2.05) is 6.07 Å². The van der Waals surface area contributed by atoms with Crippen molar-refractivity contribution in [1.82, 2.24) is 20.2 Å². The first-order valence-corrected chi connectivity index (χ1v) is 4.09. The molecule has 0 aromatic carbocycles. The van der Waals surface area contributed by atoms with Gasteiger partial charge >= 0.3 is 5.69 Å². The van der Waals surface area contributed by atoms with Crippen LogP contribution in [0, 0.1) is 0 Å². The van der Waals surface area contributed by atoms with E-state index in [0.29, 0.717) is 18.1 Å². The maximum atomic E-state index is 10.8. The van der Waals surface area contributed by atoms with Gasteiger partial charge in [0.05, 0.1) is 0 Å². The van der Waals surface area contributed by atoms with E-state index in [1.165, 1.54) is 0 Å². The topological polar surface area (TPSA) is 100 Å². The first kappa shape index (κ1) is 8.64. The molecule has 72 valence electrons. The molecule has 2 aromatic rings. The molecule has 2 rings (SSSR count). The number of nitrogens with one attached hydrogen (secondary N) is 2. The molecule has 0 bridgehead atoms. The Morgan fingerprint density at radius 1 is 1.43 bits per heavy atom. The molecule has 0 aliphatic heterocycles. The largest absolute Gasteiger partial charge is 0.340 e. The van der Waals surface area contributed by atoms with E-state index in [4.69, 9.17) is 5.73 Å². The number of nitrogens with zero attached hydrogens (tertiary/aromatic N) is 2. The van der Waals surface area contributed by atoms with Crippen LogP contribution in [-0.2, 0) is 6.54 Å². The summed E-state index contributed by atoms with van der Waals surface area (Å²) in [5.74, 6) is 0.429. The average molecular weight is 191 g/mol. The zero-order valence-electron chi connectivity index (χ0n) is 7.32. The van der Waals surface area contributed by atoms with Crippen LogP contribution in [0.1, 0.15) is 5.56 Å². The van der Waals surface area contributed by atoms with Gasteiger partial charge in [0.25, 0.3) is 0 Å². The van der Waals surface area contributed by atoms with Gasteiger partial charge in [0, 0.05) is 12.7 Å². The highest BCUT2D eigenvalue weighted by atomic mass is 16.1. The zero-order valence-corrected chi connectivity index (χ0v) is 7.32. The molecule has 0 saturated heterocycles. The predicted octanol–water partition coefficient (Wildman–Crippen LogP) is -0.381. The summed E-state index contributed by atoms with van der Waals surface area (Å²) < 4.78 is 0. The quantitative estimate of drug-likeness (QED) is 0.602. The molecule has 0 aliphatic carbocycles. The van der Waals surface area contributed by atoms with Crippen LogP contribution >= 0.6 is 0 Å². The van der Waals surface area contributed by atoms with E-state index in [9.17, 15) is 4.79 Å². The Bertz CT molecular complexity index is 469. The fourth-order valence-electron chi connectivity index (χ4n) is 1.08. The summed E-state index contributed by atoms with van der Waals surface area (Å²) >= 11 is 0. The Balaban J connectivity index is 2.38. The number of pyridine rings is 1. The van der Waals surface area contributed by atoms with E-state index in [-0.39, 0.29) is 5.69 Å². The highest BCUT2D eigenvalue weighted by molar-refractivity contribution is 5.47. The molecule has 4 N–H and O–H groups in total. The highest BCUT2D eigenvalue weighted by Crippen LogP contribution is 2.08. The van der Waals surface area contributed by atoms with Crippen molar-refractivity contribution in [2.75, 3.05) is 0 Å². The van der Waals surface area contributed by atoms with Crippen molar-refractivity contribution in [3.63, 3.8) is 0 Å². The SMILES string of the molecule is NCc1ccc(-c2n[nH]c(=O)[nH]2)nc1. The molecule has 2 heterocycles. The van der Waals surface area contributed by atoms with Crippen LogP contribution in [0.5, 0.6) is 0 Å². The predicted molar refractivity (Wildman–Crippen MR) is 50.3 cm³/mol. The minimum absolute atomic E-state index is 0.343. The smallest absolute Gasteiger partial charge is 0.326 e. The lowest BCUT2D eigenvalue weighted by molar-refractivity contribution is 1.03. The Labute approximate surface area is 79.2 Å². The molecule has 0 spiro atoms. The van der Waals surface area contributed by atoms with E-state index in [0.717, 1.165) is 5.56 Å². The molecule has 0 atom stereocenters. The number of aromatic amines is 2. The molecular weight excluding hydrogens is 182 g/mol. The first-order valence-electron chi connectivity index (χ1n) is 4.09. The lowest BCUT2D eigenvalue weighted by atomic mass is 10.2. The Kier molecular flexibility index (Phi) is 2.11. The van der Waals surface area contributed by atoms with Crippen molar-refractivity contribution >= 4 is 0 Å². The molecule has 6 heteroatoms. The van der Waals surface area contributed by atoms with Crippen LogP contribution in [0.4, 0.5) is 0 Å². The maximum Gasteiger partial charge on any atom is 0.340 e. The van der Waals surface area contributed by atoms with Gasteiger partial charge in [-0.3, -0.25) is 9.97 Å². The van der Waals surface area contributed by atoms with Crippen molar-refractivity contribution in [3.05, 3.63) is 34.4 Å². The summed E-state index contributed by atoms with van der Waals surface area (Å²) in [5, 5.41) is 6.02. The van der Waals surface area contributed by atoms with E-state index >= 15 is 0 Å². The summed E-state index contributed by atoms with van der Waals surface area (Å²) in [6.45, 7) is 0.449. The number of aromatic nitrogens is 4. The van der Waals surface area contributed by atoms with Gasteiger partial charge in [-0.2, -0.15) is 5.10 Å². The van der Waals surface area contributed by atoms with Gasteiger partial charge in [-0.15, -0.1) is 0 Å². The van der Waals surface area contributed by atoms with Crippen molar-refractivity contribution in [3.8, 4) is 11.5 Å². The second kappa shape index (κ2) is 3.43. The first-order chi connectivity index (χ1) is 6.79. The molecule has 14 heavy (non-hydrogen) atoms. The lowest BCUT2D eigenvalue weighted by Crippen LogP contribution is -2.00. The summed E-state index contributed by atoms with van der Waals surface area (Å²) in [5.41, 5.74) is 6.63. The fourth-order valence-corrected chi connectivity index (χ4v) is 1.08. The third kappa shape index (κ3) is 1.55. The van der Waals surface area contributed by atoms with Crippen LogP contribution in [-0.4, -0.2) is 20.2 Å². The van der Waals surface area contributed by atoms with E-state index < -0.39 is 0 Å². The van der Waals surface area contributed by atoms with Gasteiger partial charge in [0.1, 0.15) is 5.69 Å². The molecule has 2 aromatic heterocycles. The summed E-state index contributed by atoms with van der Waals surface area (Å²) in [6.07, 6.45) is 1.66.